The van der Waals surface area contributed by atoms with Gasteiger partial charge in [-0.1, -0.05) is 12.1 Å². The van der Waals surface area contributed by atoms with Crippen molar-refractivity contribution in [2.75, 3.05) is 0 Å². The molecular formula is C15H11F3N4O. The van der Waals surface area contributed by atoms with Gasteiger partial charge < -0.3 is 4.74 Å². The number of nitrogens with zero attached hydrogens (tertiary/aromatic N) is 3. The van der Waals surface area contributed by atoms with Gasteiger partial charge in [0.1, 0.15) is 12.4 Å². The second-order valence-electron chi connectivity index (χ2n) is 4.75. The van der Waals surface area contributed by atoms with Crippen molar-refractivity contribution in [3.05, 3.63) is 59.7 Å². The van der Waals surface area contributed by atoms with Gasteiger partial charge in [-0.25, -0.2) is 0 Å². The number of alkyl halides is 3. The highest BCUT2D eigenvalue weighted by atomic mass is 19.4. The Bertz CT molecular complexity index is 770. The van der Waals surface area contributed by atoms with E-state index in [1.165, 1.54) is 6.07 Å². The van der Waals surface area contributed by atoms with E-state index < -0.39 is 11.7 Å². The van der Waals surface area contributed by atoms with Crippen molar-refractivity contribution in [1.29, 1.82) is 0 Å². The third-order valence-electron chi connectivity index (χ3n) is 3.12. The summed E-state index contributed by atoms with van der Waals surface area (Å²) in [4.78, 5) is 0. The summed E-state index contributed by atoms with van der Waals surface area (Å²) in [6.07, 6.45) is -4.36. The highest BCUT2D eigenvalue weighted by Crippen LogP contribution is 2.29. The predicted octanol–water partition coefficient (Wildman–Crippen LogP) is 3.46. The van der Waals surface area contributed by atoms with Gasteiger partial charge in [-0.3, -0.25) is 0 Å². The summed E-state index contributed by atoms with van der Waals surface area (Å²) in [5.41, 5.74) is 0.512. The minimum absolute atomic E-state index is 0.0471. The van der Waals surface area contributed by atoms with Crippen molar-refractivity contribution >= 4 is 0 Å². The molecule has 0 fully saturated rings. The summed E-state index contributed by atoms with van der Waals surface area (Å²) in [7, 11) is 0. The number of aromatic amines is 1. The molecule has 5 nitrogen and oxygen atoms in total. The minimum Gasteiger partial charge on any atom is -0.489 e. The van der Waals surface area contributed by atoms with Crippen molar-refractivity contribution < 1.29 is 17.9 Å². The van der Waals surface area contributed by atoms with E-state index in [0.29, 0.717) is 17.1 Å². The molecule has 0 bridgehead atoms. The summed E-state index contributed by atoms with van der Waals surface area (Å²) in [6, 6.07) is 11.9. The standard InChI is InChI=1S/C15H11F3N4O/c16-15(17,18)12-3-1-2-10(8-12)9-23-13-6-4-11(5-7-13)14-19-21-22-20-14/h1-8H,9H2,(H,19,20,21,22). The smallest absolute Gasteiger partial charge is 0.416 e. The first kappa shape index (κ1) is 15.0. The average molecular weight is 320 g/mol. The SMILES string of the molecule is FC(F)(F)c1cccc(COc2ccc(-c3nn[nH]n3)cc2)c1. The van der Waals surface area contributed by atoms with Crippen LogP contribution in [0.5, 0.6) is 5.75 Å². The van der Waals surface area contributed by atoms with Crippen LogP contribution in [0.25, 0.3) is 11.4 Å². The van der Waals surface area contributed by atoms with Crippen molar-refractivity contribution in [1.82, 2.24) is 20.6 Å². The maximum absolute atomic E-state index is 12.6. The fraction of sp³-hybridized carbons (Fsp3) is 0.133. The Hall–Kier alpha value is -2.90. The Morgan fingerprint density at radius 2 is 1.83 bits per heavy atom. The number of tetrazole rings is 1. The van der Waals surface area contributed by atoms with E-state index in [0.717, 1.165) is 17.7 Å². The van der Waals surface area contributed by atoms with E-state index in [1.54, 1.807) is 30.3 Å². The molecule has 118 valence electrons. The first-order valence-electron chi connectivity index (χ1n) is 6.65. The largest absolute Gasteiger partial charge is 0.489 e. The molecule has 0 saturated carbocycles. The average Bonchev–Trinajstić information content (AvgIpc) is 3.07. The lowest BCUT2D eigenvalue weighted by atomic mass is 10.1. The summed E-state index contributed by atoms with van der Waals surface area (Å²) in [6.45, 7) is 0.0471. The molecule has 1 N–H and O–H groups in total. The molecule has 0 amide bonds. The van der Waals surface area contributed by atoms with Crippen LogP contribution in [0.4, 0.5) is 13.2 Å². The van der Waals surface area contributed by atoms with Gasteiger partial charge in [-0.15, -0.1) is 10.2 Å². The third-order valence-corrected chi connectivity index (χ3v) is 3.12. The zero-order valence-corrected chi connectivity index (χ0v) is 11.7. The molecule has 2 aromatic carbocycles. The fourth-order valence-electron chi connectivity index (χ4n) is 1.99. The van der Waals surface area contributed by atoms with Gasteiger partial charge in [0.2, 0.25) is 5.82 Å². The molecule has 0 radical (unpaired) electrons. The van der Waals surface area contributed by atoms with Gasteiger partial charge in [0.25, 0.3) is 0 Å². The number of halogens is 3. The lowest BCUT2D eigenvalue weighted by Crippen LogP contribution is -2.06. The third kappa shape index (κ3) is 3.65. The molecule has 0 aliphatic heterocycles. The molecule has 0 saturated heterocycles. The molecule has 0 spiro atoms. The van der Waals surface area contributed by atoms with Crippen molar-refractivity contribution in [2.45, 2.75) is 12.8 Å². The van der Waals surface area contributed by atoms with Gasteiger partial charge in [0.15, 0.2) is 0 Å². The maximum atomic E-state index is 12.6. The molecule has 3 aromatic rings. The Morgan fingerprint density at radius 3 is 2.48 bits per heavy atom. The number of benzene rings is 2. The predicted molar refractivity (Wildman–Crippen MR) is 75.4 cm³/mol. The molecule has 0 atom stereocenters. The molecule has 8 heteroatoms. The number of nitrogens with one attached hydrogen (secondary N) is 1. The summed E-state index contributed by atoms with van der Waals surface area (Å²) in [5.74, 6) is 0.990. The first-order chi connectivity index (χ1) is 11.0. The van der Waals surface area contributed by atoms with E-state index in [2.05, 4.69) is 20.6 Å². The van der Waals surface area contributed by atoms with E-state index in [-0.39, 0.29) is 6.61 Å². The topological polar surface area (TPSA) is 63.7 Å². The van der Waals surface area contributed by atoms with Crippen LogP contribution >= 0.6 is 0 Å². The summed E-state index contributed by atoms with van der Waals surface area (Å²) >= 11 is 0. The quantitative estimate of drug-likeness (QED) is 0.799. The van der Waals surface area contributed by atoms with Gasteiger partial charge in [-0.2, -0.15) is 18.4 Å². The van der Waals surface area contributed by atoms with Crippen molar-refractivity contribution in [3.63, 3.8) is 0 Å². The second-order valence-corrected chi connectivity index (χ2v) is 4.75. The van der Waals surface area contributed by atoms with Gasteiger partial charge >= 0.3 is 6.18 Å². The Kier molecular flexibility index (Phi) is 3.96. The lowest BCUT2D eigenvalue weighted by molar-refractivity contribution is -0.137. The van der Waals surface area contributed by atoms with Gasteiger partial charge in [0, 0.05) is 5.56 Å². The second kappa shape index (κ2) is 6.07. The molecular weight excluding hydrogens is 309 g/mol. The van der Waals surface area contributed by atoms with Gasteiger partial charge in [-0.05, 0) is 47.2 Å². The van der Waals surface area contributed by atoms with Crippen LogP contribution in [0.2, 0.25) is 0 Å². The number of aromatic nitrogens is 4. The van der Waals surface area contributed by atoms with Crippen LogP contribution in [0.15, 0.2) is 48.5 Å². The van der Waals surface area contributed by atoms with E-state index in [4.69, 9.17) is 4.74 Å². The van der Waals surface area contributed by atoms with Crippen LogP contribution in [0, 0.1) is 0 Å². The van der Waals surface area contributed by atoms with E-state index in [1.807, 2.05) is 0 Å². The zero-order chi connectivity index (χ0) is 16.3. The van der Waals surface area contributed by atoms with Crippen LogP contribution in [0.1, 0.15) is 11.1 Å². The van der Waals surface area contributed by atoms with Crippen LogP contribution < -0.4 is 4.74 Å². The number of H-pyrrole nitrogens is 1. The molecule has 3 rings (SSSR count). The molecule has 0 aliphatic rings. The highest BCUT2D eigenvalue weighted by molar-refractivity contribution is 5.54. The molecule has 1 aromatic heterocycles. The van der Waals surface area contributed by atoms with E-state index >= 15 is 0 Å². The Morgan fingerprint density at radius 1 is 1.04 bits per heavy atom. The highest BCUT2D eigenvalue weighted by Gasteiger charge is 2.30. The summed E-state index contributed by atoms with van der Waals surface area (Å²) < 4.78 is 43.4. The molecule has 23 heavy (non-hydrogen) atoms. The van der Waals surface area contributed by atoms with Crippen LogP contribution in [-0.2, 0) is 12.8 Å². The van der Waals surface area contributed by atoms with Crippen LogP contribution in [-0.4, -0.2) is 20.6 Å². The Balaban J connectivity index is 1.67. The molecule has 1 heterocycles. The number of hydrogen-bond donors (Lipinski definition) is 1. The first-order valence-corrected chi connectivity index (χ1v) is 6.65. The van der Waals surface area contributed by atoms with Crippen LogP contribution in [0.3, 0.4) is 0 Å². The minimum atomic E-state index is -4.36. The lowest BCUT2D eigenvalue weighted by Gasteiger charge is -2.10. The van der Waals surface area contributed by atoms with Crippen molar-refractivity contribution in [3.8, 4) is 17.1 Å². The monoisotopic (exact) mass is 320 g/mol. The maximum Gasteiger partial charge on any atom is 0.416 e. The molecule has 0 aliphatic carbocycles. The van der Waals surface area contributed by atoms with Gasteiger partial charge in [0.05, 0.1) is 5.56 Å². The Labute approximate surface area is 129 Å². The number of rotatable bonds is 4. The fourth-order valence-corrected chi connectivity index (χ4v) is 1.99. The normalized spacial score (nSPS) is 11.4. The number of ether oxygens (including phenoxy) is 1. The van der Waals surface area contributed by atoms with E-state index in [9.17, 15) is 13.2 Å². The zero-order valence-electron chi connectivity index (χ0n) is 11.7. The van der Waals surface area contributed by atoms with Crippen molar-refractivity contribution in [2.24, 2.45) is 0 Å². The molecule has 0 unspecified atom stereocenters. The number of hydrogen-bond acceptors (Lipinski definition) is 4. The summed E-state index contributed by atoms with van der Waals surface area (Å²) in [5, 5.41) is 13.5.